The summed E-state index contributed by atoms with van der Waals surface area (Å²) in [7, 11) is 1.71. The molecule has 2 heterocycles. The summed E-state index contributed by atoms with van der Waals surface area (Å²) < 4.78 is 17.0. The zero-order valence-corrected chi connectivity index (χ0v) is 15.9. The molecular formula is C20H24N2O6. The lowest BCUT2D eigenvalue weighted by atomic mass is 9.97. The molecule has 2 aliphatic heterocycles. The summed E-state index contributed by atoms with van der Waals surface area (Å²) in [6, 6.07) is 5.22. The third kappa shape index (κ3) is 3.76. The predicted molar refractivity (Wildman–Crippen MR) is 98.8 cm³/mol. The van der Waals surface area contributed by atoms with E-state index < -0.39 is 30.2 Å². The van der Waals surface area contributed by atoms with Crippen molar-refractivity contribution in [2.24, 2.45) is 5.92 Å². The van der Waals surface area contributed by atoms with Crippen molar-refractivity contribution < 1.29 is 28.6 Å². The number of fused-ring (bicyclic) bond motifs is 1. The average molecular weight is 388 g/mol. The molecule has 28 heavy (non-hydrogen) atoms. The van der Waals surface area contributed by atoms with Crippen LogP contribution >= 0.6 is 0 Å². The number of carbonyl (C=O) groups excluding carboxylic acids is 3. The highest BCUT2D eigenvalue weighted by molar-refractivity contribution is 5.93. The van der Waals surface area contributed by atoms with Crippen molar-refractivity contribution in [3.8, 4) is 11.5 Å². The Hall–Kier alpha value is -2.77. The highest BCUT2D eigenvalue weighted by Gasteiger charge is 2.44. The molecule has 0 bridgehead atoms. The molecule has 2 fully saturated rings. The van der Waals surface area contributed by atoms with Gasteiger partial charge >= 0.3 is 5.97 Å². The summed E-state index contributed by atoms with van der Waals surface area (Å²) in [5.74, 6) is -0.776. The number of nitrogens with one attached hydrogen (secondary N) is 1. The van der Waals surface area contributed by atoms with E-state index in [4.69, 9.17) is 14.2 Å². The minimum atomic E-state index is -0.550. The fraction of sp³-hybridized carbons (Fsp3) is 0.550. The van der Waals surface area contributed by atoms with Crippen LogP contribution < -0.4 is 14.8 Å². The summed E-state index contributed by atoms with van der Waals surface area (Å²) in [6.07, 6.45) is 4.54. The number of likely N-dealkylation sites (tertiary alicyclic amines) is 1. The van der Waals surface area contributed by atoms with E-state index in [0.29, 0.717) is 30.2 Å². The fourth-order valence-electron chi connectivity index (χ4n) is 3.88. The monoisotopic (exact) mass is 388 g/mol. The van der Waals surface area contributed by atoms with E-state index in [1.165, 1.54) is 0 Å². The van der Waals surface area contributed by atoms with Crippen LogP contribution in [-0.2, 0) is 19.1 Å². The Morgan fingerprint density at radius 2 is 2.00 bits per heavy atom. The van der Waals surface area contributed by atoms with Crippen LogP contribution in [0.3, 0.4) is 0 Å². The minimum Gasteiger partial charge on any atom is -0.455 e. The second-order valence-electron chi connectivity index (χ2n) is 7.64. The molecule has 1 saturated carbocycles. The van der Waals surface area contributed by atoms with Crippen molar-refractivity contribution in [3.63, 3.8) is 0 Å². The zero-order chi connectivity index (χ0) is 19.7. The molecule has 2 amide bonds. The van der Waals surface area contributed by atoms with Gasteiger partial charge < -0.3 is 24.4 Å². The lowest BCUT2D eigenvalue weighted by molar-refractivity contribution is -0.155. The Balaban J connectivity index is 1.28. The molecule has 150 valence electrons. The van der Waals surface area contributed by atoms with Crippen molar-refractivity contribution in [3.05, 3.63) is 18.2 Å². The van der Waals surface area contributed by atoms with Gasteiger partial charge in [-0.2, -0.15) is 0 Å². The SMILES string of the molecule is CN1CC[C@@H](C(=O)OCC(=O)Nc2ccc3c(c2)OC2(CCCC2)O3)CC1=O. The summed E-state index contributed by atoms with van der Waals surface area (Å²) in [4.78, 5) is 37.5. The van der Waals surface area contributed by atoms with Gasteiger partial charge in [-0.25, -0.2) is 0 Å². The van der Waals surface area contributed by atoms with Gasteiger partial charge in [0.2, 0.25) is 5.91 Å². The molecule has 1 spiro atoms. The van der Waals surface area contributed by atoms with Crippen LogP contribution in [0.25, 0.3) is 0 Å². The van der Waals surface area contributed by atoms with Crippen molar-refractivity contribution in [2.45, 2.75) is 44.3 Å². The van der Waals surface area contributed by atoms with E-state index in [1.54, 1.807) is 30.1 Å². The highest BCUT2D eigenvalue weighted by atomic mass is 16.7. The minimum absolute atomic E-state index is 0.0851. The predicted octanol–water partition coefficient (Wildman–Crippen LogP) is 2.08. The lowest BCUT2D eigenvalue weighted by Gasteiger charge is -2.27. The second kappa shape index (κ2) is 7.33. The number of carbonyl (C=O) groups is 3. The van der Waals surface area contributed by atoms with E-state index in [9.17, 15) is 14.4 Å². The van der Waals surface area contributed by atoms with Crippen molar-refractivity contribution in [1.82, 2.24) is 4.90 Å². The van der Waals surface area contributed by atoms with Crippen LogP contribution in [0, 0.1) is 5.92 Å². The molecule has 4 rings (SSSR count). The third-order valence-corrected chi connectivity index (χ3v) is 5.52. The van der Waals surface area contributed by atoms with Crippen molar-refractivity contribution >= 4 is 23.5 Å². The molecule has 1 aromatic rings. The molecule has 0 aromatic heterocycles. The van der Waals surface area contributed by atoms with Crippen LogP contribution in [0.4, 0.5) is 5.69 Å². The molecule has 8 nitrogen and oxygen atoms in total. The summed E-state index contributed by atoms with van der Waals surface area (Å²) in [5, 5.41) is 2.70. The number of amides is 2. The first-order valence-electron chi connectivity index (χ1n) is 9.67. The Morgan fingerprint density at radius 1 is 1.25 bits per heavy atom. The highest BCUT2D eigenvalue weighted by Crippen LogP contribution is 2.47. The fourth-order valence-corrected chi connectivity index (χ4v) is 3.88. The van der Waals surface area contributed by atoms with Crippen LogP contribution in [0.1, 0.15) is 38.5 Å². The van der Waals surface area contributed by atoms with E-state index in [-0.39, 0.29) is 12.3 Å². The first-order valence-corrected chi connectivity index (χ1v) is 9.67. The molecule has 1 aliphatic carbocycles. The van der Waals surface area contributed by atoms with E-state index in [1.807, 2.05) is 0 Å². The first kappa shape index (κ1) is 18.6. The number of piperidine rings is 1. The van der Waals surface area contributed by atoms with E-state index in [0.717, 1.165) is 25.7 Å². The van der Waals surface area contributed by atoms with Gasteiger partial charge in [-0.1, -0.05) is 0 Å². The maximum Gasteiger partial charge on any atom is 0.310 e. The Kier molecular flexibility index (Phi) is 4.87. The number of benzene rings is 1. The number of rotatable bonds is 4. The standard InChI is InChI=1S/C20H24N2O6/c1-22-9-6-13(10-18(22)24)19(25)26-12-17(23)21-14-4-5-15-16(11-14)28-20(27-15)7-2-3-8-20/h4-5,11,13H,2-3,6-10,12H2,1H3,(H,21,23)/t13-/m1/s1. The van der Waals surface area contributed by atoms with Crippen LogP contribution in [0.5, 0.6) is 11.5 Å². The largest absolute Gasteiger partial charge is 0.455 e. The third-order valence-electron chi connectivity index (χ3n) is 5.52. The van der Waals surface area contributed by atoms with Crippen LogP contribution in [0.2, 0.25) is 0 Å². The molecular weight excluding hydrogens is 364 g/mol. The molecule has 0 unspecified atom stereocenters. The Morgan fingerprint density at radius 3 is 2.75 bits per heavy atom. The van der Waals surface area contributed by atoms with Gasteiger partial charge in [0.25, 0.3) is 11.7 Å². The topological polar surface area (TPSA) is 94.2 Å². The second-order valence-corrected chi connectivity index (χ2v) is 7.64. The van der Waals surface area contributed by atoms with Gasteiger partial charge in [-0.05, 0) is 31.4 Å². The number of nitrogens with zero attached hydrogens (tertiary/aromatic N) is 1. The smallest absolute Gasteiger partial charge is 0.310 e. The van der Waals surface area contributed by atoms with Gasteiger partial charge in [0.1, 0.15) is 0 Å². The van der Waals surface area contributed by atoms with E-state index >= 15 is 0 Å². The lowest BCUT2D eigenvalue weighted by Crippen LogP contribution is -2.39. The molecule has 8 heteroatoms. The van der Waals surface area contributed by atoms with Crippen molar-refractivity contribution in [1.29, 1.82) is 0 Å². The summed E-state index contributed by atoms with van der Waals surface area (Å²) in [6.45, 7) is 0.126. The zero-order valence-electron chi connectivity index (χ0n) is 15.9. The normalized spacial score (nSPS) is 22.4. The Labute approximate surface area is 163 Å². The first-order chi connectivity index (χ1) is 13.4. The van der Waals surface area contributed by atoms with Crippen LogP contribution in [-0.4, -0.2) is 48.7 Å². The van der Waals surface area contributed by atoms with Gasteiger partial charge in [-0.15, -0.1) is 0 Å². The molecule has 3 aliphatic rings. The van der Waals surface area contributed by atoms with Gasteiger partial charge in [0, 0.05) is 44.6 Å². The molecule has 1 atom stereocenters. The summed E-state index contributed by atoms with van der Waals surface area (Å²) >= 11 is 0. The Bertz CT molecular complexity index is 802. The number of anilines is 1. The van der Waals surface area contributed by atoms with Gasteiger partial charge in [-0.3, -0.25) is 14.4 Å². The average Bonchev–Trinajstić information content (AvgIpc) is 3.27. The maximum atomic E-state index is 12.1. The van der Waals surface area contributed by atoms with E-state index in [2.05, 4.69) is 5.32 Å². The number of hydrogen-bond donors (Lipinski definition) is 1. The molecule has 1 aromatic carbocycles. The maximum absolute atomic E-state index is 12.1. The van der Waals surface area contributed by atoms with Crippen LogP contribution in [0.15, 0.2) is 18.2 Å². The number of hydrogen-bond acceptors (Lipinski definition) is 6. The quantitative estimate of drug-likeness (QED) is 0.794. The molecule has 1 saturated heterocycles. The van der Waals surface area contributed by atoms with Gasteiger partial charge in [0.15, 0.2) is 18.1 Å². The molecule has 1 N–H and O–H groups in total. The van der Waals surface area contributed by atoms with Crippen molar-refractivity contribution in [2.75, 3.05) is 25.5 Å². The summed E-state index contributed by atoms with van der Waals surface area (Å²) in [5.41, 5.74) is 0.549. The number of ether oxygens (including phenoxy) is 3. The number of esters is 1. The molecule has 0 radical (unpaired) electrons. The van der Waals surface area contributed by atoms with Gasteiger partial charge in [0.05, 0.1) is 5.92 Å².